The highest BCUT2D eigenvalue weighted by molar-refractivity contribution is 6.34. The first kappa shape index (κ1) is 19.1. The second kappa shape index (κ2) is 8.62. The van der Waals surface area contributed by atoms with Gasteiger partial charge in [-0.25, -0.2) is 0 Å². The van der Waals surface area contributed by atoms with Crippen molar-refractivity contribution in [2.45, 2.75) is 32.9 Å². The predicted molar refractivity (Wildman–Crippen MR) is 95.0 cm³/mol. The molecule has 3 N–H and O–H groups in total. The summed E-state index contributed by atoms with van der Waals surface area (Å²) in [6, 6.07) is 5.09. The molecule has 1 unspecified atom stereocenters. The molecule has 0 spiro atoms. The van der Waals surface area contributed by atoms with Crippen LogP contribution in [0.4, 0.5) is 11.4 Å². The summed E-state index contributed by atoms with van der Waals surface area (Å²) in [5, 5.41) is 9.54. The Morgan fingerprint density at radius 2 is 1.87 bits per heavy atom. The third-order valence-electron chi connectivity index (χ3n) is 3.07. The van der Waals surface area contributed by atoms with Gasteiger partial charge in [-0.2, -0.15) is 0 Å². The number of amides is 2. The van der Waals surface area contributed by atoms with Gasteiger partial charge >= 0.3 is 0 Å². The number of carbonyl (C=O) groups is 2. The van der Waals surface area contributed by atoms with Crippen LogP contribution in [0.15, 0.2) is 18.2 Å². The quantitative estimate of drug-likeness (QED) is 0.711. The van der Waals surface area contributed by atoms with Gasteiger partial charge in [0.2, 0.25) is 11.8 Å². The van der Waals surface area contributed by atoms with Crippen molar-refractivity contribution in [3.05, 3.63) is 23.2 Å². The highest BCUT2D eigenvalue weighted by Gasteiger charge is 2.17. The third kappa shape index (κ3) is 5.98. The van der Waals surface area contributed by atoms with Crippen LogP contribution in [0, 0.1) is 0 Å². The number of carbonyl (C=O) groups excluding carboxylic acids is 2. The predicted octanol–water partition coefficient (Wildman–Crippen LogP) is 2.17. The summed E-state index contributed by atoms with van der Waals surface area (Å²) >= 11 is 6.20. The average Bonchev–Trinajstić information content (AvgIpc) is 2.46. The molecule has 0 aromatic heterocycles. The fourth-order valence-electron chi connectivity index (χ4n) is 2.02. The highest BCUT2D eigenvalue weighted by Crippen LogP contribution is 2.30. The summed E-state index contributed by atoms with van der Waals surface area (Å²) in [5.41, 5.74) is 1.50. The molecule has 23 heavy (non-hydrogen) atoms. The van der Waals surface area contributed by atoms with E-state index in [1.807, 2.05) is 26.0 Å². The third-order valence-corrected chi connectivity index (χ3v) is 3.39. The lowest BCUT2D eigenvalue weighted by Gasteiger charge is -2.19. The minimum Gasteiger partial charge on any atom is -0.380 e. The summed E-state index contributed by atoms with van der Waals surface area (Å²) in [4.78, 5) is 25.2. The van der Waals surface area contributed by atoms with Gasteiger partial charge in [-0.1, -0.05) is 17.7 Å². The Morgan fingerprint density at radius 3 is 2.43 bits per heavy atom. The molecule has 1 atom stereocenters. The largest absolute Gasteiger partial charge is 0.380 e. The Kier molecular flexibility index (Phi) is 7.16. The molecule has 0 saturated heterocycles. The van der Waals surface area contributed by atoms with Crippen molar-refractivity contribution in [1.29, 1.82) is 0 Å². The zero-order chi connectivity index (χ0) is 17.6. The lowest BCUT2D eigenvalue weighted by atomic mass is 10.2. The Hall–Kier alpha value is -1.95. The summed E-state index contributed by atoms with van der Waals surface area (Å²) in [5.74, 6) is -0.411. The molecule has 0 bridgehead atoms. The first-order chi connectivity index (χ1) is 10.7. The van der Waals surface area contributed by atoms with E-state index in [4.69, 9.17) is 11.6 Å². The molecular formula is C16H25ClN4O2. The van der Waals surface area contributed by atoms with Crippen molar-refractivity contribution < 1.29 is 9.59 Å². The number of rotatable bonds is 7. The van der Waals surface area contributed by atoms with Gasteiger partial charge in [0, 0.05) is 20.1 Å². The average molecular weight is 341 g/mol. The van der Waals surface area contributed by atoms with Crippen molar-refractivity contribution in [3.8, 4) is 0 Å². The van der Waals surface area contributed by atoms with E-state index in [9.17, 15) is 9.59 Å². The Morgan fingerprint density at radius 1 is 1.22 bits per heavy atom. The molecule has 1 rings (SSSR count). The number of nitrogens with one attached hydrogen (secondary N) is 3. The lowest BCUT2D eigenvalue weighted by molar-refractivity contribution is -0.133. The van der Waals surface area contributed by atoms with Gasteiger partial charge in [0.25, 0.3) is 0 Å². The topological polar surface area (TPSA) is 73.5 Å². The van der Waals surface area contributed by atoms with E-state index in [0.717, 1.165) is 11.4 Å². The van der Waals surface area contributed by atoms with Crippen LogP contribution in [0.1, 0.15) is 20.8 Å². The normalized spacial score (nSPS) is 11.8. The minimum absolute atomic E-state index is 0.0537. The minimum atomic E-state index is -0.563. The highest BCUT2D eigenvalue weighted by atomic mass is 35.5. The summed E-state index contributed by atoms with van der Waals surface area (Å²) in [7, 11) is 3.30. The number of halogens is 1. The van der Waals surface area contributed by atoms with Gasteiger partial charge in [-0.05, 0) is 32.9 Å². The monoisotopic (exact) mass is 340 g/mol. The molecule has 0 saturated carbocycles. The van der Waals surface area contributed by atoms with Crippen LogP contribution >= 0.6 is 11.6 Å². The summed E-state index contributed by atoms with van der Waals surface area (Å²) in [6.07, 6.45) is 0. The van der Waals surface area contributed by atoms with Crippen molar-refractivity contribution >= 4 is 34.8 Å². The van der Waals surface area contributed by atoms with E-state index in [0.29, 0.717) is 5.02 Å². The molecular weight excluding hydrogens is 316 g/mol. The SMILES string of the molecule is CC(C)Nc1c(Cl)cccc1NCC(=O)NC(C)C(=O)N(C)C. The molecule has 0 heterocycles. The molecule has 1 aromatic carbocycles. The number of hydrogen-bond acceptors (Lipinski definition) is 4. The number of anilines is 2. The number of para-hydroxylation sites is 1. The molecule has 2 amide bonds. The lowest BCUT2D eigenvalue weighted by Crippen LogP contribution is -2.46. The summed E-state index contributed by atoms with van der Waals surface area (Å²) in [6.45, 7) is 5.73. The van der Waals surface area contributed by atoms with Crippen LogP contribution in [-0.4, -0.2) is 49.4 Å². The Bertz CT molecular complexity index is 561. The van der Waals surface area contributed by atoms with E-state index in [1.165, 1.54) is 4.90 Å². The van der Waals surface area contributed by atoms with Crippen molar-refractivity contribution in [2.75, 3.05) is 31.3 Å². The number of hydrogen-bond donors (Lipinski definition) is 3. The van der Waals surface area contributed by atoms with Crippen molar-refractivity contribution in [2.24, 2.45) is 0 Å². The van der Waals surface area contributed by atoms with Crippen molar-refractivity contribution in [3.63, 3.8) is 0 Å². The molecule has 0 aliphatic heterocycles. The number of likely N-dealkylation sites (N-methyl/N-ethyl adjacent to an activating group) is 1. The van der Waals surface area contributed by atoms with Crippen LogP contribution in [0.3, 0.4) is 0 Å². The molecule has 128 valence electrons. The smallest absolute Gasteiger partial charge is 0.244 e. The molecule has 6 nitrogen and oxygen atoms in total. The van der Waals surface area contributed by atoms with Gasteiger partial charge in [-0.3, -0.25) is 9.59 Å². The van der Waals surface area contributed by atoms with E-state index in [2.05, 4.69) is 16.0 Å². The van der Waals surface area contributed by atoms with Gasteiger partial charge in [-0.15, -0.1) is 0 Å². The molecule has 1 aromatic rings. The first-order valence-electron chi connectivity index (χ1n) is 7.51. The van der Waals surface area contributed by atoms with Crippen LogP contribution in [0.2, 0.25) is 5.02 Å². The van der Waals surface area contributed by atoms with Crippen LogP contribution < -0.4 is 16.0 Å². The van der Waals surface area contributed by atoms with E-state index >= 15 is 0 Å². The fraction of sp³-hybridized carbons (Fsp3) is 0.500. The van der Waals surface area contributed by atoms with Gasteiger partial charge in [0.05, 0.1) is 22.9 Å². The maximum absolute atomic E-state index is 12.0. The van der Waals surface area contributed by atoms with Crippen LogP contribution in [-0.2, 0) is 9.59 Å². The Labute approximate surface area is 142 Å². The van der Waals surface area contributed by atoms with E-state index < -0.39 is 6.04 Å². The zero-order valence-electron chi connectivity index (χ0n) is 14.2. The number of benzene rings is 1. The fourth-order valence-corrected chi connectivity index (χ4v) is 2.25. The molecule has 0 aliphatic rings. The van der Waals surface area contributed by atoms with E-state index in [1.54, 1.807) is 27.1 Å². The van der Waals surface area contributed by atoms with Crippen molar-refractivity contribution in [1.82, 2.24) is 10.2 Å². The second-order valence-corrected chi connectivity index (χ2v) is 6.24. The second-order valence-electron chi connectivity index (χ2n) is 5.84. The van der Waals surface area contributed by atoms with Gasteiger partial charge in [0.1, 0.15) is 6.04 Å². The molecule has 0 radical (unpaired) electrons. The van der Waals surface area contributed by atoms with Crippen LogP contribution in [0.5, 0.6) is 0 Å². The zero-order valence-corrected chi connectivity index (χ0v) is 15.0. The Balaban J connectivity index is 2.66. The standard InChI is InChI=1S/C16H25ClN4O2/c1-10(2)19-15-12(17)7-6-8-13(15)18-9-14(22)20-11(3)16(23)21(4)5/h6-8,10-11,18-19H,9H2,1-5H3,(H,20,22). The van der Waals surface area contributed by atoms with Gasteiger partial charge in [0.15, 0.2) is 0 Å². The molecule has 0 aliphatic carbocycles. The maximum Gasteiger partial charge on any atom is 0.244 e. The van der Waals surface area contributed by atoms with Crippen LogP contribution in [0.25, 0.3) is 0 Å². The first-order valence-corrected chi connectivity index (χ1v) is 7.89. The summed E-state index contributed by atoms with van der Waals surface area (Å²) < 4.78 is 0. The van der Waals surface area contributed by atoms with E-state index in [-0.39, 0.29) is 24.4 Å². The van der Waals surface area contributed by atoms with Gasteiger partial charge < -0.3 is 20.9 Å². The maximum atomic E-state index is 12.0. The molecule has 7 heteroatoms. The number of nitrogens with zero attached hydrogens (tertiary/aromatic N) is 1. The molecule has 0 fully saturated rings.